The van der Waals surface area contributed by atoms with Gasteiger partial charge in [-0.05, 0) is 19.1 Å². The van der Waals surface area contributed by atoms with E-state index >= 15 is 0 Å². The van der Waals surface area contributed by atoms with Gasteiger partial charge in [0.05, 0.1) is 11.0 Å². The Morgan fingerprint density at radius 3 is 3.21 bits per heavy atom. The molecule has 0 bridgehead atoms. The summed E-state index contributed by atoms with van der Waals surface area (Å²) >= 11 is 0. The molecular formula is C11H10N2O. The molecule has 0 amide bonds. The third-order valence-corrected chi connectivity index (χ3v) is 1.89. The van der Waals surface area contributed by atoms with Crippen molar-refractivity contribution in [3.8, 4) is 18.1 Å². The van der Waals surface area contributed by atoms with E-state index < -0.39 is 0 Å². The van der Waals surface area contributed by atoms with E-state index in [1.165, 1.54) is 0 Å². The first kappa shape index (κ1) is 8.64. The molecule has 0 aliphatic rings. The highest BCUT2D eigenvalue weighted by molar-refractivity contribution is 5.76. The van der Waals surface area contributed by atoms with E-state index in [9.17, 15) is 0 Å². The number of imidazole rings is 1. The van der Waals surface area contributed by atoms with Gasteiger partial charge in [0.2, 0.25) is 0 Å². The maximum atomic E-state index is 5.29. The van der Waals surface area contributed by atoms with Crippen LogP contribution in [-0.2, 0) is 0 Å². The van der Waals surface area contributed by atoms with Crippen molar-refractivity contribution in [3.05, 3.63) is 24.0 Å². The van der Waals surface area contributed by atoms with Crippen LogP contribution in [0.2, 0.25) is 0 Å². The Labute approximate surface area is 82.1 Å². The molecule has 1 aromatic heterocycles. The number of aromatic nitrogens is 2. The quantitative estimate of drug-likeness (QED) is 0.727. The summed E-state index contributed by atoms with van der Waals surface area (Å²) in [6.45, 7) is 2.21. The van der Waals surface area contributed by atoms with Crippen molar-refractivity contribution in [3.63, 3.8) is 0 Å². The number of hydrogen-bond acceptors (Lipinski definition) is 2. The summed E-state index contributed by atoms with van der Waals surface area (Å²) in [7, 11) is 0. The van der Waals surface area contributed by atoms with E-state index in [0.717, 1.165) is 22.6 Å². The lowest BCUT2D eigenvalue weighted by molar-refractivity contribution is 0.371. The molecule has 0 atom stereocenters. The lowest BCUT2D eigenvalue weighted by atomic mass is 10.3. The van der Waals surface area contributed by atoms with E-state index in [1.807, 2.05) is 25.1 Å². The molecule has 0 saturated carbocycles. The van der Waals surface area contributed by atoms with Crippen LogP contribution in [0.15, 0.2) is 18.2 Å². The number of H-pyrrole nitrogens is 1. The van der Waals surface area contributed by atoms with Crippen LogP contribution in [0, 0.1) is 19.3 Å². The summed E-state index contributed by atoms with van der Waals surface area (Å²) in [6.07, 6.45) is 5.10. The van der Waals surface area contributed by atoms with Gasteiger partial charge < -0.3 is 9.72 Å². The second-order valence-corrected chi connectivity index (χ2v) is 2.99. The van der Waals surface area contributed by atoms with Crippen molar-refractivity contribution >= 4 is 11.0 Å². The molecule has 0 saturated heterocycles. The first-order valence-corrected chi connectivity index (χ1v) is 4.32. The summed E-state index contributed by atoms with van der Waals surface area (Å²) in [5.74, 6) is 4.08. The van der Waals surface area contributed by atoms with Gasteiger partial charge in [0, 0.05) is 6.07 Å². The molecule has 0 aliphatic heterocycles. The molecule has 2 aromatic rings. The Bertz CT molecular complexity index is 493. The molecule has 0 unspecified atom stereocenters. The zero-order chi connectivity index (χ0) is 9.97. The Morgan fingerprint density at radius 1 is 1.57 bits per heavy atom. The monoisotopic (exact) mass is 186 g/mol. The van der Waals surface area contributed by atoms with Crippen LogP contribution in [-0.4, -0.2) is 16.6 Å². The predicted molar refractivity (Wildman–Crippen MR) is 55.2 cm³/mol. The highest BCUT2D eigenvalue weighted by atomic mass is 16.5. The van der Waals surface area contributed by atoms with Crippen LogP contribution >= 0.6 is 0 Å². The predicted octanol–water partition coefficient (Wildman–Crippen LogP) is 1.88. The maximum Gasteiger partial charge on any atom is 0.148 e. The molecule has 3 nitrogen and oxygen atoms in total. The molecule has 0 spiro atoms. The van der Waals surface area contributed by atoms with Gasteiger partial charge in [0.25, 0.3) is 0 Å². The fraction of sp³-hybridized carbons (Fsp3) is 0.182. The largest absolute Gasteiger partial charge is 0.481 e. The van der Waals surface area contributed by atoms with Crippen molar-refractivity contribution in [1.82, 2.24) is 9.97 Å². The average Bonchev–Trinajstić information content (AvgIpc) is 2.54. The SMILES string of the molecule is C#CCOc1ccc2nc(C)[nH]c2c1. The van der Waals surface area contributed by atoms with Gasteiger partial charge in [-0.25, -0.2) is 4.98 Å². The van der Waals surface area contributed by atoms with E-state index in [2.05, 4.69) is 15.9 Å². The first-order chi connectivity index (χ1) is 6.79. The number of rotatable bonds is 2. The van der Waals surface area contributed by atoms with Gasteiger partial charge in [-0.3, -0.25) is 0 Å². The minimum absolute atomic E-state index is 0.290. The van der Waals surface area contributed by atoms with E-state index in [4.69, 9.17) is 11.2 Å². The van der Waals surface area contributed by atoms with Crippen molar-refractivity contribution in [2.45, 2.75) is 6.92 Å². The smallest absolute Gasteiger partial charge is 0.148 e. The Balaban J connectivity index is 2.36. The minimum Gasteiger partial charge on any atom is -0.481 e. The van der Waals surface area contributed by atoms with Crippen LogP contribution < -0.4 is 4.74 Å². The van der Waals surface area contributed by atoms with Crippen LogP contribution in [0.25, 0.3) is 11.0 Å². The molecule has 2 rings (SSSR count). The lowest BCUT2D eigenvalue weighted by Crippen LogP contribution is -1.92. The summed E-state index contributed by atoms with van der Waals surface area (Å²) in [6, 6.07) is 5.66. The fourth-order valence-electron chi connectivity index (χ4n) is 1.33. The van der Waals surface area contributed by atoms with E-state index in [-0.39, 0.29) is 0 Å². The van der Waals surface area contributed by atoms with Crippen molar-refractivity contribution in [1.29, 1.82) is 0 Å². The van der Waals surface area contributed by atoms with Crippen LogP contribution in [0.4, 0.5) is 0 Å². The number of hydrogen-bond donors (Lipinski definition) is 1. The van der Waals surface area contributed by atoms with Gasteiger partial charge in [-0.1, -0.05) is 5.92 Å². The molecule has 0 radical (unpaired) electrons. The third kappa shape index (κ3) is 1.55. The van der Waals surface area contributed by atoms with Crippen molar-refractivity contribution < 1.29 is 4.74 Å². The molecule has 1 heterocycles. The van der Waals surface area contributed by atoms with Crippen molar-refractivity contribution in [2.24, 2.45) is 0 Å². The molecule has 1 N–H and O–H groups in total. The molecule has 0 aliphatic carbocycles. The molecule has 14 heavy (non-hydrogen) atoms. The molecule has 3 heteroatoms. The van der Waals surface area contributed by atoms with Gasteiger partial charge in [-0.15, -0.1) is 6.42 Å². The minimum atomic E-state index is 0.290. The average molecular weight is 186 g/mol. The second-order valence-electron chi connectivity index (χ2n) is 2.99. The standard InChI is InChI=1S/C11H10N2O/c1-3-6-14-9-4-5-10-11(7-9)13-8(2)12-10/h1,4-5,7H,6H2,2H3,(H,12,13). The first-order valence-electron chi connectivity index (χ1n) is 4.32. The van der Waals surface area contributed by atoms with E-state index in [1.54, 1.807) is 0 Å². The third-order valence-electron chi connectivity index (χ3n) is 1.89. The summed E-state index contributed by atoms with van der Waals surface area (Å²) in [5.41, 5.74) is 1.91. The number of ether oxygens (including phenoxy) is 1. The zero-order valence-corrected chi connectivity index (χ0v) is 7.87. The second kappa shape index (κ2) is 3.43. The maximum absolute atomic E-state index is 5.29. The number of benzene rings is 1. The topological polar surface area (TPSA) is 37.9 Å². The van der Waals surface area contributed by atoms with Crippen molar-refractivity contribution in [2.75, 3.05) is 6.61 Å². The van der Waals surface area contributed by atoms with E-state index in [0.29, 0.717) is 6.61 Å². The fourth-order valence-corrected chi connectivity index (χ4v) is 1.33. The Kier molecular flexibility index (Phi) is 2.11. The van der Waals surface area contributed by atoms with Gasteiger partial charge in [0.1, 0.15) is 18.2 Å². The number of aryl methyl sites for hydroxylation is 1. The molecule has 70 valence electrons. The van der Waals surface area contributed by atoms with Crippen LogP contribution in [0.5, 0.6) is 5.75 Å². The highest BCUT2D eigenvalue weighted by Crippen LogP contribution is 2.18. The molecule has 1 aromatic carbocycles. The van der Waals surface area contributed by atoms with Gasteiger partial charge in [-0.2, -0.15) is 0 Å². The normalized spacial score (nSPS) is 10.0. The Hall–Kier alpha value is -1.95. The summed E-state index contributed by atoms with van der Waals surface area (Å²) < 4.78 is 5.29. The number of aromatic amines is 1. The summed E-state index contributed by atoms with van der Waals surface area (Å²) in [5, 5.41) is 0. The summed E-state index contributed by atoms with van der Waals surface area (Å²) in [4.78, 5) is 7.42. The number of nitrogens with zero attached hydrogens (tertiary/aromatic N) is 1. The highest BCUT2D eigenvalue weighted by Gasteiger charge is 2.00. The molecular weight excluding hydrogens is 176 g/mol. The van der Waals surface area contributed by atoms with Gasteiger partial charge >= 0.3 is 0 Å². The zero-order valence-electron chi connectivity index (χ0n) is 7.87. The van der Waals surface area contributed by atoms with Crippen LogP contribution in [0.1, 0.15) is 5.82 Å². The number of nitrogens with one attached hydrogen (secondary N) is 1. The molecule has 0 fully saturated rings. The van der Waals surface area contributed by atoms with Gasteiger partial charge in [0.15, 0.2) is 0 Å². The lowest BCUT2D eigenvalue weighted by Gasteiger charge is -2.00. The Morgan fingerprint density at radius 2 is 2.43 bits per heavy atom. The number of fused-ring (bicyclic) bond motifs is 1. The van der Waals surface area contributed by atoms with Crippen LogP contribution in [0.3, 0.4) is 0 Å². The number of terminal acetylenes is 1.